The first-order valence-corrected chi connectivity index (χ1v) is 7.19. The lowest BCUT2D eigenvalue weighted by Gasteiger charge is -2.26. The second-order valence-corrected chi connectivity index (χ2v) is 5.07. The van der Waals surface area contributed by atoms with Gasteiger partial charge in [0.05, 0.1) is 18.1 Å². The molecule has 0 bridgehead atoms. The van der Waals surface area contributed by atoms with E-state index in [1.54, 1.807) is 6.92 Å². The number of rotatable bonds is 5. The average molecular weight is 332 g/mol. The summed E-state index contributed by atoms with van der Waals surface area (Å²) in [5, 5.41) is 9.41. The lowest BCUT2D eigenvalue weighted by molar-refractivity contribution is -0.140. The number of carbonyl (C=O) groups is 1. The summed E-state index contributed by atoms with van der Waals surface area (Å²) in [5.74, 6) is -1.69. The van der Waals surface area contributed by atoms with E-state index in [4.69, 9.17) is 19.9 Å². The highest BCUT2D eigenvalue weighted by molar-refractivity contribution is 5.92. The smallest absolute Gasteiger partial charge is 0.338 e. The summed E-state index contributed by atoms with van der Waals surface area (Å²) >= 11 is 0. The molecule has 1 aliphatic rings. The minimum Gasteiger partial charge on any atom is -0.460 e. The topological polar surface area (TPSA) is 94.6 Å². The standard InChI is InChI=1S/C17H17FN2O4/c1-10-14(17(21)23-8-7-22-2)15(13(9-19)16(20)24-10)11-3-5-12(18)6-4-11/h3-6,15H,7-8,20H2,1-2H3/t15-/m0/s1. The molecule has 1 aromatic carbocycles. The molecule has 1 aliphatic heterocycles. The van der Waals surface area contributed by atoms with Gasteiger partial charge in [0.1, 0.15) is 29.8 Å². The minimum absolute atomic E-state index is 0.0589. The summed E-state index contributed by atoms with van der Waals surface area (Å²) in [6, 6.07) is 7.44. The molecule has 0 unspecified atom stereocenters. The summed E-state index contributed by atoms with van der Waals surface area (Å²) in [7, 11) is 1.49. The summed E-state index contributed by atoms with van der Waals surface area (Å²) in [5.41, 5.74) is 6.55. The number of esters is 1. The van der Waals surface area contributed by atoms with Crippen LogP contribution in [0, 0.1) is 17.1 Å². The molecule has 0 aliphatic carbocycles. The van der Waals surface area contributed by atoms with Crippen LogP contribution in [0.25, 0.3) is 0 Å². The molecule has 6 nitrogen and oxygen atoms in total. The lowest BCUT2D eigenvalue weighted by atomic mass is 9.83. The van der Waals surface area contributed by atoms with Crippen molar-refractivity contribution < 1.29 is 23.4 Å². The summed E-state index contributed by atoms with van der Waals surface area (Å²) < 4.78 is 28.5. The number of carbonyl (C=O) groups excluding carboxylic acids is 1. The van der Waals surface area contributed by atoms with Crippen LogP contribution in [0.4, 0.5) is 4.39 Å². The molecule has 2 N–H and O–H groups in total. The number of hydrogen-bond acceptors (Lipinski definition) is 6. The highest BCUT2D eigenvalue weighted by Crippen LogP contribution is 2.39. The van der Waals surface area contributed by atoms with Crippen molar-refractivity contribution in [3.8, 4) is 6.07 Å². The molecule has 1 aromatic rings. The second-order valence-electron chi connectivity index (χ2n) is 5.07. The Kier molecular flexibility index (Phi) is 5.55. The summed E-state index contributed by atoms with van der Waals surface area (Å²) in [4.78, 5) is 12.4. The van der Waals surface area contributed by atoms with Gasteiger partial charge in [-0.05, 0) is 24.6 Å². The third-order valence-corrected chi connectivity index (χ3v) is 3.55. The molecule has 0 saturated heterocycles. The quantitative estimate of drug-likeness (QED) is 0.655. The van der Waals surface area contributed by atoms with Crippen LogP contribution in [0.2, 0.25) is 0 Å². The SMILES string of the molecule is COCCOC(=O)C1=C(C)OC(N)=C(C#N)[C@@H]1c1ccc(F)cc1. The first-order valence-electron chi connectivity index (χ1n) is 7.19. The Morgan fingerprint density at radius 3 is 2.62 bits per heavy atom. The molecule has 0 spiro atoms. The normalized spacial score (nSPS) is 17.3. The molecule has 126 valence electrons. The maximum Gasteiger partial charge on any atom is 0.338 e. The number of benzene rings is 1. The molecule has 24 heavy (non-hydrogen) atoms. The zero-order valence-corrected chi connectivity index (χ0v) is 13.3. The zero-order chi connectivity index (χ0) is 17.7. The molecule has 0 saturated carbocycles. The van der Waals surface area contributed by atoms with Crippen molar-refractivity contribution in [3.05, 3.63) is 58.4 Å². The fourth-order valence-electron chi connectivity index (χ4n) is 2.43. The van der Waals surface area contributed by atoms with Crippen molar-refractivity contribution >= 4 is 5.97 Å². The zero-order valence-electron chi connectivity index (χ0n) is 13.3. The van der Waals surface area contributed by atoms with Gasteiger partial charge in [-0.25, -0.2) is 9.18 Å². The minimum atomic E-state index is -0.778. The fourth-order valence-corrected chi connectivity index (χ4v) is 2.43. The lowest BCUT2D eigenvalue weighted by Crippen LogP contribution is -2.26. The Morgan fingerprint density at radius 1 is 1.38 bits per heavy atom. The Bertz CT molecular complexity index is 732. The predicted octanol–water partition coefficient (Wildman–Crippen LogP) is 2.10. The first kappa shape index (κ1) is 17.5. The van der Waals surface area contributed by atoms with E-state index in [0.717, 1.165) is 0 Å². The van der Waals surface area contributed by atoms with Gasteiger partial charge >= 0.3 is 5.97 Å². The largest absolute Gasteiger partial charge is 0.460 e. The third kappa shape index (κ3) is 3.55. The fraction of sp³-hybridized carbons (Fsp3) is 0.294. The molecular weight excluding hydrogens is 315 g/mol. The van der Waals surface area contributed by atoms with Gasteiger partial charge in [0.15, 0.2) is 0 Å². The third-order valence-electron chi connectivity index (χ3n) is 3.55. The predicted molar refractivity (Wildman–Crippen MR) is 82.6 cm³/mol. The number of nitrogens with zero attached hydrogens (tertiary/aromatic N) is 1. The molecule has 0 radical (unpaired) electrons. The van der Waals surface area contributed by atoms with Crippen LogP contribution in [0.5, 0.6) is 0 Å². The summed E-state index contributed by atoms with van der Waals surface area (Å²) in [6.45, 7) is 1.86. The van der Waals surface area contributed by atoms with Crippen LogP contribution < -0.4 is 5.73 Å². The summed E-state index contributed by atoms with van der Waals surface area (Å²) in [6.07, 6.45) is 0. The number of halogens is 1. The van der Waals surface area contributed by atoms with E-state index in [2.05, 4.69) is 0 Å². The van der Waals surface area contributed by atoms with Crippen molar-refractivity contribution in [2.24, 2.45) is 5.73 Å². The number of nitrogens with two attached hydrogens (primary N) is 1. The van der Waals surface area contributed by atoms with Crippen molar-refractivity contribution in [1.29, 1.82) is 5.26 Å². The molecule has 7 heteroatoms. The van der Waals surface area contributed by atoms with Crippen LogP contribution in [-0.2, 0) is 19.0 Å². The van der Waals surface area contributed by atoms with E-state index < -0.39 is 17.7 Å². The highest BCUT2D eigenvalue weighted by atomic mass is 19.1. The maximum atomic E-state index is 13.2. The van der Waals surface area contributed by atoms with Crippen molar-refractivity contribution in [1.82, 2.24) is 0 Å². The molecule has 1 heterocycles. The van der Waals surface area contributed by atoms with Crippen molar-refractivity contribution in [3.63, 3.8) is 0 Å². The molecule has 0 aromatic heterocycles. The van der Waals surface area contributed by atoms with E-state index in [9.17, 15) is 14.4 Å². The molecule has 0 amide bonds. The average Bonchev–Trinajstić information content (AvgIpc) is 2.55. The second kappa shape index (κ2) is 7.62. The Balaban J connectivity index is 2.45. The van der Waals surface area contributed by atoms with Crippen LogP contribution in [0.3, 0.4) is 0 Å². The van der Waals surface area contributed by atoms with Gasteiger partial charge in [0.2, 0.25) is 5.88 Å². The van der Waals surface area contributed by atoms with E-state index >= 15 is 0 Å². The van der Waals surface area contributed by atoms with Crippen molar-refractivity contribution in [2.75, 3.05) is 20.3 Å². The van der Waals surface area contributed by atoms with Gasteiger partial charge < -0.3 is 19.9 Å². The van der Waals surface area contributed by atoms with Gasteiger partial charge in [0, 0.05) is 7.11 Å². The number of methoxy groups -OCH3 is 1. The number of ether oxygens (including phenoxy) is 3. The van der Waals surface area contributed by atoms with Gasteiger partial charge in [-0.15, -0.1) is 0 Å². The van der Waals surface area contributed by atoms with Crippen LogP contribution in [-0.4, -0.2) is 26.3 Å². The van der Waals surface area contributed by atoms with E-state index in [0.29, 0.717) is 5.56 Å². The Labute approximate surface area is 138 Å². The molecular formula is C17H17FN2O4. The number of allylic oxidation sites excluding steroid dienone is 2. The van der Waals surface area contributed by atoms with Gasteiger partial charge in [-0.1, -0.05) is 12.1 Å². The van der Waals surface area contributed by atoms with E-state index in [1.807, 2.05) is 6.07 Å². The molecule has 2 rings (SSSR count). The van der Waals surface area contributed by atoms with Crippen LogP contribution in [0.15, 0.2) is 47.1 Å². The van der Waals surface area contributed by atoms with E-state index in [-0.39, 0.29) is 36.0 Å². The van der Waals surface area contributed by atoms with Crippen LogP contribution in [0.1, 0.15) is 18.4 Å². The molecule has 0 fully saturated rings. The van der Waals surface area contributed by atoms with Crippen LogP contribution >= 0.6 is 0 Å². The van der Waals surface area contributed by atoms with Gasteiger partial charge in [-0.3, -0.25) is 0 Å². The number of hydrogen-bond donors (Lipinski definition) is 1. The monoisotopic (exact) mass is 332 g/mol. The first-order chi connectivity index (χ1) is 11.5. The van der Waals surface area contributed by atoms with Crippen molar-refractivity contribution in [2.45, 2.75) is 12.8 Å². The molecule has 1 atom stereocenters. The van der Waals surface area contributed by atoms with Gasteiger partial charge in [0.25, 0.3) is 0 Å². The number of nitriles is 1. The maximum absolute atomic E-state index is 13.2. The Morgan fingerprint density at radius 2 is 2.04 bits per heavy atom. The van der Waals surface area contributed by atoms with E-state index in [1.165, 1.54) is 31.4 Å². The highest BCUT2D eigenvalue weighted by Gasteiger charge is 2.36. The van der Waals surface area contributed by atoms with Gasteiger partial charge in [-0.2, -0.15) is 5.26 Å². The Hall–Kier alpha value is -2.85.